The van der Waals surface area contributed by atoms with Crippen LogP contribution >= 0.6 is 0 Å². The van der Waals surface area contributed by atoms with Crippen LogP contribution in [0.3, 0.4) is 0 Å². The summed E-state index contributed by atoms with van der Waals surface area (Å²) >= 11 is 0. The molecule has 0 aliphatic rings. The van der Waals surface area contributed by atoms with Crippen LogP contribution in [-0.2, 0) is 123 Å². The third-order valence-electron chi connectivity index (χ3n) is 17.0. The Bertz CT molecular complexity index is 4130. The van der Waals surface area contributed by atoms with Crippen LogP contribution < -0.4 is 91.6 Å². The van der Waals surface area contributed by atoms with E-state index in [0.29, 0.717) is 0 Å². The number of aliphatic hydroxyl groups excluding tert-OH is 2. The van der Waals surface area contributed by atoms with Crippen LogP contribution in [0.25, 0.3) is 0 Å². The maximum atomic E-state index is 14.4. The van der Waals surface area contributed by atoms with E-state index in [9.17, 15) is 156 Å². The number of rotatable bonds is 54. The molecular formula is C70H97N17O33. The summed E-state index contributed by atoms with van der Waals surface area (Å²) in [5.41, 5.74) is 16.3. The van der Waals surface area contributed by atoms with E-state index in [0.717, 1.165) is 39.8 Å². The van der Waals surface area contributed by atoms with Gasteiger partial charge in [0.2, 0.25) is 100 Å². The maximum absolute atomic E-state index is 14.4. The molecule has 0 unspecified atom stereocenters. The van der Waals surface area contributed by atoms with Gasteiger partial charge in [0.15, 0.2) is 0 Å². The molecular weight excluding hydrogens is 1610 g/mol. The summed E-state index contributed by atoms with van der Waals surface area (Å²) in [4.78, 5) is 301. The Morgan fingerprint density at radius 1 is 0.283 bits per heavy atom. The number of carboxylic acid groups (broad SMARTS) is 6. The number of nitrogens with two attached hydrogens (primary N) is 3. The minimum Gasteiger partial charge on any atom is -0.508 e. The number of primary amides is 3. The quantitative estimate of drug-likeness (QED) is 0.0292. The van der Waals surface area contributed by atoms with Gasteiger partial charge in [-0.2, -0.15) is 0 Å². The summed E-state index contributed by atoms with van der Waals surface area (Å²) in [6, 6.07) is -18.5. The van der Waals surface area contributed by atoms with Gasteiger partial charge in [-0.25, -0.2) is 0 Å². The predicted molar refractivity (Wildman–Crippen MR) is 400 cm³/mol. The van der Waals surface area contributed by atoms with Crippen molar-refractivity contribution in [3.63, 3.8) is 0 Å². The molecule has 50 heteroatoms. The number of phenols is 2. The number of aliphatic hydroxyl groups is 2. The number of phenolic OH excluding ortho intramolecular Hbond substituents is 2. The zero-order valence-corrected chi connectivity index (χ0v) is 64.8. The molecule has 0 saturated heterocycles. The Labute approximate surface area is 679 Å². The molecule has 0 radical (unpaired) electrons. The van der Waals surface area contributed by atoms with Crippen molar-refractivity contribution in [2.75, 3.05) is 0 Å². The number of benzene rings is 2. The molecule has 0 aromatic heterocycles. The SMILES string of the molecule is CC(=O)N[C@@H](CCC(=O)O)C(=O)N[C@@H](CC(=O)O)C(=O)N[C@@H](CC(N)=O)C(=O)N[C@@H](CCC(=O)O)C(=O)N[C@@H](Cc1ccc(O)cc1)C(=O)N[C@H](C(=O)N[C@@H](C)C(=O)N[C@@H](CCC(=O)O)C(=O)N[C@@H](CC(=O)O)C(=O)N[C@@H](CC(N)=O)C(=O)N[C@@H](CCC(=O)O)C(=O)N[C@@H](Cc1ccc(O)cc1)C(=O)N[C@H](C(=O)N[C@@H](C)C(N)=O)[C@@H](C)O)[C@@H](C)O. The Balaban J connectivity index is 2.55. The lowest BCUT2D eigenvalue weighted by atomic mass is 10.0. The van der Waals surface area contributed by atoms with Crippen molar-refractivity contribution in [2.24, 2.45) is 17.2 Å². The van der Waals surface area contributed by atoms with Gasteiger partial charge in [0, 0.05) is 45.4 Å². The number of aliphatic carboxylic acids is 6. The standard InChI is InChI=1S/C70H97N17O33/c1-28(57(73)107)74-69(119)55(30(3)88)86-67(117)41(22-33-6-10-35(91)11-7-33)80-61(111)39(16-20-51(99)100)79-64(114)44(25-48(72)94)83-66(116)46(27-54(105)106)85-60(110)38(15-19-50(97)98)77-58(108)29(2)75-70(120)56(31(4)89)87-68(118)42(23-34-8-12-36(92)13-9-34)81-62(112)40(17-21-52(101)102)78-63(113)43(24-47(71)93)82-65(115)45(26-53(103)104)84-59(109)37(76-32(5)90)14-18-49(95)96/h6-13,28-31,37-46,55-56,88-89,91-92H,14-27H2,1-5H3,(H2,71,93)(H2,72,94)(H2,73,107)(H,74,119)(H,75,120)(H,76,90)(H,77,108)(H,78,113)(H,79,114)(H,80,111)(H,81,112)(H,82,115)(H,83,116)(H,84,109)(H,85,110)(H,86,117)(H,87,118)(H,95,96)(H,97,98)(H,99,100)(H,101,102)(H,103,104)(H,105,106)/t28-,29-,30+,31+,37-,38-,39-,40-,41-,42-,43-,44-,45-,46-,55-,56-/m0/s1. The van der Waals surface area contributed by atoms with Gasteiger partial charge in [-0.3, -0.25) is 110 Å². The summed E-state index contributed by atoms with van der Waals surface area (Å²) in [6.07, 6.45) is -16.7. The molecule has 0 spiro atoms. The van der Waals surface area contributed by atoms with Crippen molar-refractivity contribution in [2.45, 2.75) is 221 Å². The molecule has 2 aromatic carbocycles. The van der Waals surface area contributed by atoms with E-state index in [1.54, 1.807) is 0 Å². The molecule has 0 aliphatic carbocycles. The highest BCUT2D eigenvalue weighted by molar-refractivity contribution is 6.03. The minimum absolute atomic E-state index is 0.105. The average molecular weight is 1700 g/mol. The number of amides is 17. The molecule has 50 nitrogen and oxygen atoms in total. The monoisotopic (exact) mass is 1700 g/mol. The fraction of sp³-hybridized carbons (Fsp3) is 0.500. The van der Waals surface area contributed by atoms with Crippen LogP contribution in [-0.4, -0.2) is 284 Å². The minimum atomic E-state index is -2.38. The number of carbonyl (C=O) groups is 23. The average Bonchev–Trinajstić information content (AvgIpc) is 0.843. The highest BCUT2D eigenvalue weighted by atomic mass is 16.4. The first-order valence-corrected chi connectivity index (χ1v) is 36.2. The van der Waals surface area contributed by atoms with Gasteiger partial charge in [-0.15, -0.1) is 0 Å². The summed E-state index contributed by atoms with van der Waals surface area (Å²) in [5.74, 6) is -33.6. The second-order valence-electron chi connectivity index (χ2n) is 27.1. The highest BCUT2D eigenvalue weighted by Crippen LogP contribution is 2.17. The van der Waals surface area contributed by atoms with Gasteiger partial charge in [-0.1, -0.05) is 24.3 Å². The summed E-state index contributed by atoms with van der Waals surface area (Å²) in [6.45, 7) is 5.02. The fourth-order valence-corrected chi connectivity index (χ4v) is 10.7. The molecule has 30 N–H and O–H groups in total. The molecule has 16 atom stereocenters. The summed E-state index contributed by atoms with van der Waals surface area (Å²) < 4.78 is 0. The van der Waals surface area contributed by atoms with Crippen LogP contribution in [0.4, 0.5) is 0 Å². The van der Waals surface area contributed by atoms with Gasteiger partial charge >= 0.3 is 35.8 Å². The molecule has 0 fully saturated rings. The van der Waals surface area contributed by atoms with E-state index in [1.165, 1.54) is 43.3 Å². The van der Waals surface area contributed by atoms with Crippen molar-refractivity contribution < 1.29 is 161 Å². The van der Waals surface area contributed by atoms with Gasteiger partial charge in [0.1, 0.15) is 96.1 Å². The van der Waals surface area contributed by atoms with Crippen LogP contribution in [0, 0.1) is 0 Å². The van der Waals surface area contributed by atoms with Gasteiger partial charge < -0.3 is 143 Å². The number of carboxylic acids is 6. The molecule has 2 aromatic rings. The van der Waals surface area contributed by atoms with Gasteiger partial charge in [-0.05, 0) is 88.8 Å². The molecule has 17 amide bonds. The van der Waals surface area contributed by atoms with Crippen molar-refractivity contribution in [1.29, 1.82) is 0 Å². The summed E-state index contributed by atoms with van der Waals surface area (Å²) in [5, 5.41) is 128. The van der Waals surface area contributed by atoms with Crippen molar-refractivity contribution in [1.82, 2.24) is 74.4 Å². The molecule has 0 bridgehead atoms. The molecule has 120 heavy (non-hydrogen) atoms. The van der Waals surface area contributed by atoms with E-state index < -0.39 is 323 Å². The fourth-order valence-electron chi connectivity index (χ4n) is 10.7. The normalized spacial score (nSPS) is 14.9. The Morgan fingerprint density at radius 3 is 0.767 bits per heavy atom. The van der Waals surface area contributed by atoms with Crippen molar-refractivity contribution in [3.8, 4) is 11.5 Å². The Morgan fingerprint density at radius 2 is 0.517 bits per heavy atom. The van der Waals surface area contributed by atoms with Gasteiger partial charge in [0.05, 0.1) is 37.9 Å². The van der Waals surface area contributed by atoms with Crippen LogP contribution in [0.2, 0.25) is 0 Å². The van der Waals surface area contributed by atoms with E-state index >= 15 is 0 Å². The van der Waals surface area contributed by atoms with E-state index in [4.69, 9.17) is 22.3 Å². The molecule has 660 valence electrons. The topological polar surface area (TPSA) is 841 Å². The van der Waals surface area contributed by atoms with E-state index in [2.05, 4.69) is 53.2 Å². The van der Waals surface area contributed by atoms with Crippen molar-refractivity contribution >= 4 is 136 Å². The third-order valence-corrected chi connectivity index (χ3v) is 17.0. The maximum Gasteiger partial charge on any atom is 0.305 e. The van der Waals surface area contributed by atoms with Crippen LogP contribution in [0.15, 0.2) is 48.5 Å². The number of nitrogens with one attached hydrogen (secondary N) is 14. The first-order valence-electron chi connectivity index (χ1n) is 36.2. The number of aromatic hydroxyl groups is 2. The van der Waals surface area contributed by atoms with Crippen molar-refractivity contribution in [3.05, 3.63) is 59.7 Å². The largest absolute Gasteiger partial charge is 0.508 e. The third kappa shape index (κ3) is 38.0. The Hall–Kier alpha value is -14.2. The van der Waals surface area contributed by atoms with Crippen LogP contribution in [0.5, 0.6) is 11.5 Å². The molecule has 0 heterocycles. The number of carbonyl (C=O) groups excluding carboxylic acids is 17. The summed E-state index contributed by atoms with van der Waals surface area (Å²) in [7, 11) is 0. The highest BCUT2D eigenvalue weighted by Gasteiger charge is 2.40. The van der Waals surface area contributed by atoms with Gasteiger partial charge in [0.25, 0.3) is 0 Å². The predicted octanol–water partition coefficient (Wildman–Crippen LogP) is -10.9. The first kappa shape index (κ1) is 102. The number of hydrogen-bond donors (Lipinski definition) is 27. The smallest absolute Gasteiger partial charge is 0.305 e. The van der Waals surface area contributed by atoms with Crippen LogP contribution in [0.1, 0.15) is 123 Å². The lowest BCUT2D eigenvalue weighted by Crippen LogP contribution is -2.62. The zero-order valence-electron chi connectivity index (χ0n) is 64.8. The second kappa shape index (κ2) is 49.6. The van der Waals surface area contributed by atoms with E-state index in [-0.39, 0.29) is 22.6 Å². The molecule has 0 aliphatic heterocycles. The molecule has 0 saturated carbocycles. The molecule has 2 rings (SSSR count). The number of hydrogen-bond acceptors (Lipinski definition) is 27. The first-order chi connectivity index (χ1) is 55.9. The lowest BCUT2D eigenvalue weighted by Gasteiger charge is -2.28. The van der Waals surface area contributed by atoms with E-state index in [1.807, 2.05) is 21.3 Å². The Kier molecular flexibility index (Phi) is 42.1. The second-order valence-corrected chi connectivity index (χ2v) is 27.1. The lowest BCUT2D eigenvalue weighted by molar-refractivity contribution is -0.142. The zero-order chi connectivity index (χ0) is 91.3.